The van der Waals surface area contributed by atoms with E-state index in [1.165, 1.54) is 6.07 Å². The average molecular weight is 800 g/mol. The summed E-state index contributed by atoms with van der Waals surface area (Å²) in [4.78, 5) is 48.1. The molecule has 0 amide bonds. The van der Waals surface area contributed by atoms with E-state index >= 15 is 0 Å². The summed E-state index contributed by atoms with van der Waals surface area (Å²) >= 11 is 0. The summed E-state index contributed by atoms with van der Waals surface area (Å²) in [6.07, 6.45) is -1.59. The van der Waals surface area contributed by atoms with Crippen LogP contribution in [0, 0.1) is 17.8 Å². The highest BCUT2D eigenvalue weighted by molar-refractivity contribution is 6.27. The number of benzene rings is 3. The molecule has 2 heterocycles. The number of aliphatic hydroxyl groups is 1. The van der Waals surface area contributed by atoms with Gasteiger partial charge in [-0.1, -0.05) is 73.2 Å². The van der Waals surface area contributed by atoms with Crippen LogP contribution in [0.5, 0.6) is 17.4 Å². The maximum Gasteiger partial charge on any atom is 0.573 e. The molecular weight excluding hydrogens is 755 g/mol. The molecule has 8 rings (SSSR count). The van der Waals surface area contributed by atoms with Crippen molar-refractivity contribution in [3.8, 4) is 17.4 Å². The highest BCUT2D eigenvalue weighted by Crippen LogP contribution is 2.57. The number of rotatable bonds is 11. The van der Waals surface area contributed by atoms with Crippen LogP contribution in [-0.2, 0) is 24.4 Å². The maximum absolute atomic E-state index is 15.0. The fourth-order valence-electron chi connectivity index (χ4n) is 9.59. The lowest BCUT2D eigenvalue weighted by Gasteiger charge is -2.51. The minimum absolute atomic E-state index is 0.00285. The van der Waals surface area contributed by atoms with Crippen LogP contribution in [0.3, 0.4) is 0 Å². The first-order chi connectivity index (χ1) is 27.8. The zero-order chi connectivity index (χ0) is 40.9. The summed E-state index contributed by atoms with van der Waals surface area (Å²) < 4.78 is 66.3. The number of fused-ring (bicyclic) bond motifs is 4. The van der Waals surface area contributed by atoms with E-state index in [-0.39, 0.29) is 65.7 Å². The Hall–Kier alpha value is -5.31. The monoisotopic (exact) mass is 799 g/mol. The zero-order valence-electron chi connectivity index (χ0n) is 32.2. The number of halogens is 3. The third kappa shape index (κ3) is 6.90. The van der Waals surface area contributed by atoms with E-state index in [4.69, 9.17) is 18.7 Å². The Labute approximate surface area is 333 Å². The van der Waals surface area contributed by atoms with Gasteiger partial charge in [0.05, 0.1) is 17.5 Å². The van der Waals surface area contributed by atoms with Crippen LogP contribution in [0.15, 0.2) is 83.9 Å². The number of Topliss-reactive ketones (excluding diaryl/α,β-unsaturated/α-hetero) is 3. The first-order valence-electron chi connectivity index (χ1n) is 19.5. The van der Waals surface area contributed by atoms with Crippen LogP contribution in [-0.4, -0.2) is 76.6 Å². The van der Waals surface area contributed by atoms with Gasteiger partial charge in [0.15, 0.2) is 22.9 Å². The maximum atomic E-state index is 15.0. The molecule has 14 heteroatoms. The molecule has 0 radical (unpaired) electrons. The predicted molar refractivity (Wildman–Crippen MR) is 203 cm³/mol. The van der Waals surface area contributed by atoms with Crippen molar-refractivity contribution < 1.29 is 51.4 Å². The van der Waals surface area contributed by atoms with E-state index in [9.17, 15) is 32.7 Å². The van der Waals surface area contributed by atoms with Crippen molar-refractivity contribution in [2.45, 2.75) is 69.4 Å². The van der Waals surface area contributed by atoms with Crippen LogP contribution in [0.25, 0.3) is 0 Å². The number of ether oxygens (including phenoxy) is 3. The highest BCUT2D eigenvalue weighted by atomic mass is 19.4. The summed E-state index contributed by atoms with van der Waals surface area (Å²) in [5.41, 5.74) is -1.43. The minimum Gasteiger partial charge on any atom is -0.488 e. The van der Waals surface area contributed by atoms with Crippen molar-refractivity contribution >= 4 is 17.3 Å². The summed E-state index contributed by atoms with van der Waals surface area (Å²) in [6.45, 7) is 4.86. The molecule has 1 saturated heterocycles. The molecule has 3 aliphatic carbocycles. The van der Waals surface area contributed by atoms with Crippen molar-refractivity contribution in [1.82, 2.24) is 15.0 Å². The number of carbonyl (C=O) groups is 3. The molecular formula is C44H44F3N3O8. The normalized spacial score (nSPS) is 25.7. The van der Waals surface area contributed by atoms with Gasteiger partial charge in [-0.3, -0.25) is 24.2 Å². The highest BCUT2D eigenvalue weighted by Gasteiger charge is 2.67. The Morgan fingerprint density at radius 1 is 1.00 bits per heavy atom. The standard InChI is InChI=1S/C44H44F3N3O8/c1-4-18-50-19-12-11-17-31(50)28-22-32(55-23-25-13-7-5-8-14-25)34-29(38(28)57-44(45,46)47)20-27-21-30-36(49(2)3)39-35(41(53)43(30,54)40(52)33(27)37(34)51)42(48-58-39)56-24-26-15-9-6-10-16-26/h4-10,13-16,22,27,30-31,33,36,54H,1,11-12,17-21,23-24H2,2-3H3. The van der Waals surface area contributed by atoms with Gasteiger partial charge in [-0.25, -0.2) is 0 Å². The molecule has 4 aromatic rings. The second kappa shape index (κ2) is 15.5. The Morgan fingerprint density at radius 3 is 2.31 bits per heavy atom. The quantitative estimate of drug-likeness (QED) is 0.122. The molecule has 1 saturated carbocycles. The number of carbonyl (C=O) groups excluding carboxylic acids is 3. The van der Waals surface area contributed by atoms with E-state index in [1.807, 2.05) is 65.6 Å². The van der Waals surface area contributed by atoms with Gasteiger partial charge in [0, 0.05) is 29.6 Å². The Morgan fingerprint density at radius 2 is 1.67 bits per heavy atom. The van der Waals surface area contributed by atoms with Crippen molar-refractivity contribution in [1.29, 1.82) is 0 Å². The molecule has 0 spiro atoms. The summed E-state index contributed by atoms with van der Waals surface area (Å²) in [6, 6.07) is 18.2. The van der Waals surface area contributed by atoms with Crippen molar-refractivity contribution in [3.05, 3.63) is 119 Å². The summed E-state index contributed by atoms with van der Waals surface area (Å²) in [7, 11) is 3.37. The topological polar surface area (TPSA) is 132 Å². The van der Waals surface area contributed by atoms with Crippen molar-refractivity contribution in [2.24, 2.45) is 17.8 Å². The summed E-state index contributed by atoms with van der Waals surface area (Å²) in [5.74, 6) is -7.13. The molecule has 6 unspecified atom stereocenters. The van der Waals surface area contributed by atoms with Crippen molar-refractivity contribution in [3.63, 3.8) is 0 Å². The van der Waals surface area contributed by atoms with E-state index in [1.54, 1.807) is 25.1 Å². The average Bonchev–Trinajstić information content (AvgIpc) is 3.62. The van der Waals surface area contributed by atoms with Crippen LogP contribution in [0.1, 0.15) is 86.5 Å². The minimum atomic E-state index is -5.12. The van der Waals surface area contributed by atoms with E-state index in [0.717, 1.165) is 24.0 Å². The smallest absolute Gasteiger partial charge is 0.488 e. The molecule has 6 atom stereocenters. The lowest BCUT2D eigenvalue weighted by Crippen LogP contribution is -2.66. The summed E-state index contributed by atoms with van der Waals surface area (Å²) in [5, 5.41) is 16.6. The largest absolute Gasteiger partial charge is 0.573 e. The Kier molecular flexibility index (Phi) is 10.5. The number of likely N-dealkylation sites (tertiary alicyclic amines) is 1. The van der Waals surface area contributed by atoms with Gasteiger partial charge in [0.2, 0.25) is 5.78 Å². The van der Waals surface area contributed by atoms with Gasteiger partial charge in [0.1, 0.15) is 30.3 Å². The fourth-order valence-corrected chi connectivity index (χ4v) is 9.59. The number of ketones is 3. The van der Waals surface area contributed by atoms with Gasteiger partial charge in [-0.05, 0) is 74.6 Å². The Balaban J connectivity index is 1.24. The molecule has 1 N–H and O–H groups in total. The van der Waals surface area contributed by atoms with E-state index < -0.39 is 64.9 Å². The lowest BCUT2D eigenvalue weighted by atomic mass is 9.54. The molecule has 1 aromatic heterocycles. The first-order valence-corrected chi connectivity index (χ1v) is 19.5. The number of nitrogens with zero attached hydrogens (tertiary/aromatic N) is 3. The number of hydrogen-bond acceptors (Lipinski definition) is 11. The van der Waals surface area contributed by atoms with Gasteiger partial charge >= 0.3 is 6.36 Å². The molecule has 2 fully saturated rings. The van der Waals surface area contributed by atoms with Gasteiger partial charge in [-0.15, -0.1) is 19.8 Å². The predicted octanol–water partition coefficient (Wildman–Crippen LogP) is 7.23. The van der Waals surface area contributed by atoms with Crippen LogP contribution in [0.4, 0.5) is 13.2 Å². The van der Waals surface area contributed by atoms with Crippen molar-refractivity contribution in [2.75, 3.05) is 27.2 Å². The second-order valence-corrected chi connectivity index (χ2v) is 15.8. The molecule has 304 valence electrons. The first kappa shape index (κ1) is 39.5. The third-order valence-corrected chi connectivity index (χ3v) is 12.1. The third-order valence-electron chi connectivity index (χ3n) is 12.1. The van der Waals surface area contributed by atoms with E-state index in [0.29, 0.717) is 19.5 Å². The second-order valence-electron chi connectivity index (χ2n) is 15.8. The molecule has 4 aliphatic rings. The number of aromatic nitrogens is 1. The lowest BCUT2D eigenvalue weighted by molar-refractivity contribution is -0.275. The van der Waals surface area contributed by atoms with Gasteiger partial charge in [-0.2, -0.15) is 0 Å². The van der Waals surface area contributed by atoms with Crippen LogP contribution >= 0.6 is 0 Å². The van der Waals surface area contributed by atoms with Gasteiger partial charge < -0.3 is 23.8 Å². The van der Waals surface area contributed by atoms with Crippen LogP contribution < -0.4 is 14.2 Å². The van der Waals surface area contributed by atoms with E-state index in [2.05, 4.69) is 11.7 Å². The fraction of sp³-hybridized carbons (Fsp3) is 0.409. The number of piperidine rings is 1. The molecule has 1 aliphatic heterocycles. The molecule has 0 bridgehead atoms. The zero-order valence-corrected chi connectivity index (χ0v) is 32.2. The van der Waals surface area contributed by atoms with Gasteiger partial charge in [0.25, 0.3) is 5.88 Å². The Bertz CT molecular complexity index is 2230. The molecule has 58 heavy (non-hydrogen) atoms. The number of hydrogen-bond donors (Lipinski definition) is 1. The number of alkyl halides is 3. The van der Waals surface area contributed by atoms with Crippen LogP contribution in [0.2, 0.25) is 0 Å². The SMILES string of the molecule is C=CCN1CCCCC1c1cc(OCc2ccccc2)c2c(c1OC(F)(F)F)CC1CC3C(N(C)C)c4onc(OCc5ccccc5)c4C(=O)C3(O)C(=O)C1C2=O. The molecule has 11 nitrogen and oxygen atoms in total. The molecule has 3 aromatic carbocycles.